The van der Waals surface area contributed by atoms with Gasteiger partial charge < -0.3 is 15.1 Å². The summed E-state index contributed by atoms with van der Waals surface area (Å²) in [7, 11) is 2.11. The van der Waals surface area contributed by atoms with Crippen molar-refractivity contribution in [3.63, 3.8) is 0 Å². The predicted molar refractivity (Wildman–Crippen MR) is 88.0 cm³/mol. The first-order chi connectivity index (χ1) is 10.7. The van der Waals surface area contributed by atoms with Gasteiger partial charge in [-0.2, -0.15) is 0 Å². The number of hydrogen-bond acceptors (Lipinski definition) is 4. The lowest BCUT2D eigenvalue weighted by molar-refractivity contribution is 0.0664. The second-order valence-electron chi connectivity index (χ2n) is 6.32. The average Bonchev–Trinajstić information content (AvgIpc) is 2.56. The highest BCUT2D eigenvalue weighted by molar-refractivity contribution is 5.94. The third-order valence-electron chi connectivity index (χ3n) is 4.58. The Bertz CT molecular complexity index is 505. The summed E-state index contributed by atoms with van der Waals surface area (Å²) in [5.74, 6) is 0.176. The molecule has 5 heteroatoms. The van der Waals surface area contributed by atoms with Crippen LogP contribution >= 0.6 is 0 Å². The summed E-state index contributed by atoms with van der Waals surface area (Å²) in [6, 6.07) is 8.16. The van der Waals surface area contributed by atoms with Crippen molar-refractivity contribution in [1.82, 2.24) is 20.0 Å². The quantitative estimate of drug-likeness (QED) is 0.881. The van der Waals surface area contributed by atoms with E-state index < -0.39 is 0 Å². The van der Waals surface area contributed by atoms with Gasteiger partial charge in [0.25, 0.3) is 5.91 Å². The smallest absolute Gasteiger partial charge is 0.253 e. The summed E-state index contributed by atoms with van der Waals surface area (Å²) < 4.78 is 0. The van der Waals surface area contributed by atoms with Crippen LogP contribution in [-0.2, 0) is 6.54 Å². The number of hydrogen-bond donors (Lipinski definition) is 1. The third-order valence-corrected chi connectivity index (χ3v) is 4.58. The second-order valence-corrected chi connectivity index (χ2v) is 6.32. The van der Waals surface area contributed by atoms with Crippen molar-refractivity contribution in [1.29, 1.82) is 0 Å². The van der Waals surface area contributed by atoms with Crippen LogP contribution in [0.25, 0.3) is 0 Å². The molecule has 2 aliphatic rings. The van der Waals surface area contributed by atoms with Crippen LogP contribution in [0.3, 0.4) is 0 Å². The van der Waals surface area contributed by atoms with Crippen molar-refractivity contribution < 1.29 is 4.79 Å². The minimum Gasteiger partial charge on any atom is -0.336 e. The highest BCUT2D eigenvalue weighted by Gasteiger charge is 2.20. The van der Waals surface area contributed by atoms with Crippen molar-refractivity contribution in [2.75, 3.05) is 59.4 Å². The standard InChI is InChI=1S/C17H26N4O/c1-19-9-11-21(12-10-19)17(22)16-4-2-3-15(13-16)14-20-7-5-18-6-8-20/h2-4,13,18H,5-12,14H2,1H3. The maximum atomic E-state index is 12.6. The molecule has 22 heavy (non-hydrogen) atoms. The number of nitrogens with one attached hydrogen (secondary N) is 1. The molecule has 2 aliphatic heterocycles. The molecule has 0 aromatic heterocycles. The van der Waals surface area contributed by atoms with Gasteiger partial charge in [0.2, 0.25) is 0 Å². The molecule has 3 rings (SSSR count). The van der Waals surface area contributed by atoms with Gasteiger partial charge in [0.1, 0.15) is 0 Å². The Hall–Kier alpha value is -1.43. The Labute approximate surface area is 132 Å². The molecular weight excluding hydrogens is 276 g/mol. The molecule has 1 aromatic carbocycles. The molecule has 2 saturated heterocycles. The van der Waals surface area contributed by atoms with E-state index in [9.17, 15) is 4.79 Å². The van der Waals surface area contributed by atoms with Crippen molar-refractivity contribution in [3.8, 4) is 0 Å². The van der Waals surface area contributed by atoms with Gasteiger partial charge in [0, 0.05) is 64.5 Å². The van der Waals surface area contributed by atoms with Crippen molar-refractivity contribution in [3.05, 3.63) is 35.4 Å². The second kappa shape index (κ2) is 7.22. The molecule has 0 unspecified atom stereocenters. The fourth-order valence-corrected chi connectivity index (χ4v) is 3.12. The fraction of sp³-hybridized carbons (Fsp3) is 0.588. The summed E-state index contributed by atoms with van der Waals surface area (Å²) in [4.78, 5) is 19.3. The van der Waals surface area contributed by atoms with Crippen molar-refractivity contribution >= 4 is 5.91 Å². The Morgan fingerprint density at radius 1 is 1.09 bits per heavy atom. The number of nitrogens with zero attached hydrogens (tertiary/aromatic N) is 3. The Balaban J connectivity index is 1.63. The number of likely N-dealkylation sites (N-methyl/N-ethyl adjacent to an activating group) is 1. The summed E-state index contributed by atoms with van der Waals surface area (Å²) >= 11 is 0. The number of carbonyl (C=O) groups is 1. The average molecular weight is 302 g/mol. The van der Waals surface area contributed by atoms with Gasteiger partial charge >= 0.3 is 0 Å². The number of piperazine rings is 2. The Kier molecular flexibility index (Phi) is 5.08. The van der Waals surface area contributed by atoms with E-state index in [1.807, 2.05) is 17.0 Å². The van der Waals surface area contributed by atoms with Crippen molar-refractivity contribution in [2.24, 2.45) is 0 Å². The number of benzene rings is 1. The molecule has 2 fully saturated rings. The minimum absolute atomic E-state index is 0.176. The summed E-state index contributed by atoms with van der Waals surface area (Å²) in [5.41, 5.74) is 2.07. The van der Waals surface area contributed by atoms with E-state index in [4.69, 9.17) is 0 Å². The molecule has 0 aliphatic carbocycles. The molecular formula is C17H26N4O. The van der Waals surface area contributed by atoms with E-state index >= 15 is 0 Å². The van der Waals surface area contributed by atoms with E-state index in [0.29, 0.717) is 0 Å². The van der Waals surface area contributed by atoms with Crippen LogP contribution in [0.1, 0.15) is 15.9 Å². The normalized spacial score (nSPS) is 21.0. The first-order valence-electron chi connectivity index (χ1n) is 8.22. The van der Waals surface area contributed by atoms with Crippen LogP contribution in [-0.4, -0.2) is 80.0 Å². The first-order valence-corrected chi connectivity index (χ1v) is 8.22. The summed E-state index contributed by atoms with van der Waals surface area (Å²) in [5, 5.41) is 3.37. The molecule has 1 N–H and O–H groups in total. The van der Waals surface area contributed by atoms with Crippen LogP contribution in [0.4, 0.5) is 0 Å². The van der Waals surface area contributed by atoms with Gasteiger partial charge in [-0.25, -0.2) is 0 Å². The summed E-state index contributed by atoms with van der Waals surface area (Å²) in [6.07, 6.45) is 0. The highest BCUT2D eigenvalue weighted by atomic mass is 16.2. The van der Waals surface area contributed by atoms with Crippen LogP contribution < -0.4 is 5.32 Å². The van der Waals surface area contributed by atoms with Gasteiger partial charge in [0.05, 0.1) is 0 Å². The van der Waals surface area contributed by atoms with Gasteiger partial charge in [0.15, 0.2) is 0 Å². The highest BCUT2D eigenvalue weighted by Crippen LogP contribution is 2.12. The minimum atomic E-state index is 0.176. The van der Waals surface area contributed by atoms with Gasteiger partial charge in [-0.1, -0.05) is 12.1 Å². The topological polar surface area (TPSA) is 38.8 Å². The molecule has 120 valence electrons. The van der Waals surface area contributed by atoms with Crippen LogP contribution in [0.5, 0.6) is 0 Å². The zero-order valence-electron chi connectivity index (χ0n) is 13.4. The largest absolute Gasteiger partial charge is 0.336 e. The Morgan fingerprint density at radius 2 is 1.82 bits per heavy atom. The predicted octanol–water partition coefficient (Wildman–Crippen LogP) is 0.479. The van der Waals surface area contributed by atoms with Gasteiger partial charge in [-0.15, -0.1) is 0 Å². The van der Waals surface area contributed by atoms with Gasteiger partial charge in [-0.3, -0.25) is 9.69 Å². The molecule has 1 aromatic rings. The van der Waals surface area contributed by atoms with Crippen LogP contribution in [0.15, 0.2) is 24.3 Å². The third kappa shape index (κ3) is 3.85. The molecule has 0 saturated carbocycles. The number of amides is 1. The van der Waals surface area contributed by atoms with E-state index in [1.54, 1.807) is 0 Å². The van der Waals surface area contributed by atoms with E-state index in [1.165, 1.54) is 5.56 Å². The molecule has 5 nitrogen and oxygen atoms in total. The van der Waals surface area contributed by atoms with Crippen LogP contribution in [0.2, 0.25) is 0 Å². The lowest BCUT2D eigenvalue weighted by Crippen LogP contribution is -2.47. The van der Waals surface area contributed by atoms with E-state index in [-0.39, 0.29) is 5.91 Å². The lowest BCUT2D eigenvalue weighted by Gasteiger charge is -2.32. The fourth-order valence-electron chi connectivity index (χ4n) is 3.12. The first kappa shape index (κ1) is 15.5. The number of carbonyl (C=O) groups excluding carboxylic acids is 1. The zero-order chi connectivity index (χ0) is 15.4. The molecule has 0 atom stereocenters. The monoisotopic (exact) mass is 302 g/mol. The molecule has 0 bridgehead atoms. The van der Waals surface area contributed by atoms with E-state index in [0.717, 1.165) is 64.5 Å². The molecule has 1 amide bonds. The van der Waals surface area contributed by atoms with Crippen molar-refractivity contribution in [2.45, 2.75) is 6.54 Å². The molecule has 0 radical (unpaired) electrons. The maximum Gasteiger partial charge on any atom is 0.253 e. The van der Waals surface area contributed by atoms with Crippen LogP contribution in [0, 0.1) is 0 Å². The van der Waals surface area contributed by atoms with Gasteiger partial charge in [-0.05, 0) is 24.7 Å². The SMILES string of the molecule is CN1CCN(C(=O)c2cccc(CN3CCNCC3)c2)CC1. The maximum absolute atomic E-state index is 12.6. The summed E-state index contributed by atoms with van der Waals surface area (Å²) in [6.45, 7) is 8.80. The molecule has 0 spiro atoms. The Morgan fingerprint density at radius 3 is 2.55 bits per heavy atom. The van der Waals surface area contributed by atoms with E-state index in [2.05, 4.69) is 34.3 Å². The lowest BCUT2D eigenvalue weighted by atomic mass is 10.1. The zero-order valence-corrected chi connectivity index (χ0v) is 13.4. The number of rotatable bonds is 3. The molecule has 2 heterocycles.